The summed E-state index contributed by atoms with van der Waals surface area (Å²) in [5.74, 6) is -0.0796. The van der Waals surface area contributed by atoms with Gasteiger partial charge in [-0.2, -0.15) is 13.2 Å². The largest absolute Gasteiger partial charge is 0.446 e. The fraction of sp³-hybridized carbons (Fsp3) is 0.667. The molecule has 1 atom stereocenters. The number of hydroxylamine groups is 2. The molecule has 0 saturated carbocycles. The molecule has 0 aliphatic carbocycles. The van der Waals surface area contributed by atoms with E-state index in [1.165, 1.54) is 0 Å². The molecule has 0 heterocycles. The minimum absolute atomic E-state index is 0.0796. The lowest BCUT2D eigenvalue weighted by Crippen LogP contribution is -2.46. The van der Waals surface area contributed by atoms with E-state index >= 15 is 0 Å². The van der Waals surface area contributed by atoms with Gasteiger partial charge in [0.25, 0.3) is 0 Å². The molecule has 0 rings (SSSR count). The van der Waals surface area contributed by atoms with Gasteiger partial charge < -0.3 is 4.74 Å². The van der Waals surface area contributed by atoms with Crippen LogP contribution in [-0.4, -0.2) is 42.5 Å². The van der Waals surface area contributed by atoms with E-state index in [9.17, 15) is 22.8 Å². The predicted molar refractivity (Wildman–Crippen MR) is 45.1 cm³/mol. The third-order valence-corrected chi connectivity index (χ3v) is 1.28. The topological polar surface area (TPSA) is 81.9 Å². The van der Waals surface area contributed by atoms with Crippen molar-refractivity contribution < 1.29 is 32.3 Å². The standard InChI is InChI=1S/C6H8ClF3N2O4/c7-1-2-15-5(14)12(3-13)16-4(11)6(8,9)10/h3-4H,1-2,11H2. The molecule has 10 heteroatoms. The number of carbonyl (C=O) groups excluding carboxylic acids is 2. The lowest BCUT2D eigenvalue weighted by Gasteiger charge is -2.20. The maximum absolute atomic E-state index is 11.9. The van der Waals surface area contributed by atoms with E-state index < -0.39 is 18.5 Å². The van der Waals surface area contributed by atoms with E-state index in [2.05, 4.69) is 15.3 Å². The highest BCUT2D eigenvalue weighted by atomic mass is 35.5. The molecule has 0 fully saturated rings. The average molecular weight is 265 g/mol. The molecule has 0 spiro atoms. The summed E-state index contributed by atoms with van der Waals surface area (Å²) in [4.78, 5) is 24.9. The third-order valence-electron chi connectivity index (χ3n) is 1.13. The van der Waals surface area contributed by atoms with Crippen LogP contribution >= 0.6 is 11.6 Å². The van der Waals surface area contributed by atoms with Crippen LogP contribution in [0, 0.1) is 0 Å². The summed E-state index contributed by atoms with van der Waals surface area (Å²) in [5.41, 5.74) is 4.51. The van der Waals surface area contributed by atoms with Gasteiger partial charge >= 0.3 is 12.3 Å². The monoisotopic (exact) mass is 264 g/mol. The van der Waals surface area contributed by atoms with E-state index in [-0.39, 0.29) is 24.0 Å². The third kappa shape index (κ3) is 5.14. The Balaban J connectivity index is 4.30. The maximum atomic E-state index is 11.9. The number of carbonyl (C=O) groups is 2. The fourth-order valence-electron chi connectivity index (χ4n) is 0.483. The summed E-state index contributed by atoms with van der Waals surface area (Å²) >= 11 is 5.14. The van der Waals surface area contributed by atoms with Gasteiger partial charge in [-0.15, -0.1) is 16.7 Å². The second kappa shape index (κ2) is 6.51. The Morgan fingerprint density at radius 2 is 2.12 bits per heavy atom. The first-order valence-corrected chi connectivity index (χ1v) is 4.32. The van der Waals surface area contributed by atoms with Gasteiger partial charge in [0, 0.05) is 0 Å². The van der Waals surface area contributed by atoms with Crippen LogP contribution in [0.15, 0.2) is 0 Å². The number of imide groups is 1. The Morgan fingerprint density at radius 3 is 2.50 bits per heavy atom. The van der Waals surface area contributed by atoms with Crippen LogP contribution in [0.5, 0.6) is 0 Å². The van der Waals surface area contributed by atoms with Crippen molar-refractivity contribution in [2.75, 3.05) is 12.5 Å². The molecule has 0 aromatic rings. The Hall–Kier alpha value is -1.06. The smallest absolute Gasteiger partial charge is 0.441 e. The molecule has 0 radical (unpaired) electrons. The van der Waals surface area contributed by atoms with Crippen molar-refractivity contribution >= 4 is 24.1 Å². The van der Waals surface area contributed by atoms with Crippen LogP contribution in [0.25, 0.3) is 0 Å². The second-order valence-electron chi connectivity index (χ2n) is 2.30. The zero-order chi connectivity index (χ0) is 12.8. The van der Waals surface area contributed by atoms with Crippen molar-refractivity contribution in [2.24, 2.45) is 5.73 Å². The zero-order valence-corrected chi connectivity index (χ0v) is 8.49. The molecule has 0 aromatic carbocycles. The first-order chi connectivity index (χ1) is 7.32. The van der Waals surface area contributed by atoms with Crippen LogP contribution in [0.2, 0.25) is 0 Å². The Labute approximate surface area is 93.0 Å². The van der Waals surface area contributed by atoms with Gasteiger partial charge in [-0.25, -0.2) is 9.63 Å². The van der Waals surface area contributed by atoms with E-state index in [0.717, 1.165) is 0 Å². The number of rotatable bonds is 5. The molecule has 0 aliphatic rings. The molecule has 0 aliphatic heterocycles. The highest BCUT2D eigenvalue weighted by Crippen LogP contribution is 2.19. The number of halogens is 4. The molecule has 6 nitrogen and oxygen atoms in total. The lowest BCUT2D eigenvalue weighted by molar-refractivity contribution is -0.272. The highest BCUT2D eigenvalue weighted by Gasteiger charge is 2.40. The summed E-state index contributed by atoms with van der Waals surface area (Å²) in [6, 6.07) is 0. The molecule has 2 amide bonds. The normalized spacial score (nSPS) is 13.1. The van der Waals surface area contributed by atoms with E-state index in [0.29, 0.717) is 0 Å². The Bertz CT molecular complexity index is 250. The summed E-state index contributed by atoms with van der Waals surface area (Å²) < 4.78 is 39.9. The summed E-state index contributed by atoms with van der Waals surface area (Å²) in [5, 5.41) is -0.301. The molecule has 94 valence electrons. The van der Waals surface area contributed by atoms with Gasteiger partial charge in [0.1, 0.15) is 6.61 Å². The van der Waals surface area contributed by atoms with Crippen LogP contribution in [0.3, 0.4) is 0 Å². The summed E-state index contributed by atoms with van der Waals surface area (Å²) in [6.07, 6.45) is -9.45. The van der Waals surface area contributed by atoms with Crippen LogP contribution in [0.4, 0.5) is 18.0 Å². The number of amides is 2. The lowest BCUT2D eigenvalue weighted by atomic mass is 10.6. The number of hydrogen-bond donors (Lipinski definition) is 1. The van der Waals surface area contributed by atoms with Crippen molar-refractivity contribution in [3.05, 3.63) is 0 Å². The highest BCUT2D eigenvalue weighted by molar-refractivity contribution is 6.18. The van der Waals surface area contributed by atoms with Crippen molar-refractivity contribution in [3.8, 4) is 0 Å². The number of hydrogen-bond acceptors (Lipinski definition) is 5. The maximum Gasteiger partial charge on any atom is 0.441 e. The molecular formula is C6H8ClF3N2O4. The molecule has 0 aromatic heterocycles. The van der Waals surface area contributed by atoms with Gasteiger partial charge in [0.2, 0.25) is 12.6 Å². The van der Waals surface area contributed by atoms with Gasteiger partial charge in [0.15, 0.2) is 0 Å². The number of nitrogens with zero attached hydrogens (tertiary/aromatic N) is 1. The predicted octanol–water partition coefficient (Wildman–Crippen LogP) is 0.599. The Morgan fingerprint density at radius 1 is 1.56 bits per heavy atom. The molecular weight excluding hydrogens is 257 g/mol. The molecule has 1 unspecified atom stereocenters. The molecule has 2 N–H and O–H groups in total. The van der Waals surface area contributed by atoms with Crippen molar-refractivity contribution in [1.29, 1.82) is 0 Å². The molecule has 16 heavy (non-hydrogen) atoms. The number of alkyl halides is 4. The average Bonchev–Trinajstić information content (AvgIpc) is 2.20. The summed E-state index contributed by atoms with van der Waals surface area (Å²) in [6.45, 7) is -0.282. The first-order valence-electron chi connectivity index (χ1n) is 3.79. The van der Waals surface area contributed by atoms with Gasteiger partial charge in [-0.05, 0) is 0 Å². The van der Waals surface area contributed by atoms with Crippen molar-refractivity contribution in [3.63, 3.8) is 0 Å². The van der Waals surface area contributed by atoms with Crippen LogP contribution in [0.1, 0.15) is 0 Å². The molecule has 0 bridgehead atoms. The van der Waals surface area contributed by atoms with Crippen molar-refractivity contribution in [1.82, 2.24) is 5.06 Å². The second-order valence-corrected chi connectivity index (χ2v) is 2.68. The number of ether oxygens (including phenoxy) is 1. The zero-order valence-electron chi connectivity index (χ0n) is 7.74. The van der Waals surface area contributed by atoms with E-state index in [1.807, 2.05) is 0 Å². The van der Waals surface area contributed by atoms with E-state index in [4.69, 9.17) is 11.6 Å². The quantitative estimate of drug-likeness (QED) is 0.340. The van der Waals surface area contributed by atoms with Crippen molar-refractivity contribution in [2.45, 2.75) is 12.4 Å². The van der Waals surface area contributed by atoms with E-state index in [1.54, 1.807) is 0 Å². The molecule has 0 saturated heterocycles. The van der Waals surface area contributed by atoms with Gasteiger partial charge in [-0.3, -0.25) is 10.5 Å². The minimum atomic E-state index is -4.91. The Kier molecular flexibility index (Phi) is 6.08. The van der Waals surface area contributed by atoms with Gasteiger partial charge in [0.05, 0.1) is 5.88 Å². The number of nitrogens with two attached hydrogens (primary N) is 1. The summed E-state index contributed by atoms with van der Waals surface area (Å²) in [7, 11) is 0. The van der Waals surface area contributed by atoms with Crippen LogP contribution in [-0.2, 0) is 14.4 Å². The van der Waals surface area contributed by atoms with Crippen LogP contribution < -0.4 is 5.73 Å². The minimum Gasteiger partial charge on any atom is -0.446 e. The van der Waals surface area contributed by atoms with Gasteiger partial charge in [-0.1, -0.05) is 0 Å². The SMILES string of the molecule is NC(ON(C=O)C(=O)OCCCl)C(F)(F)F. The fourth-order valence-corrected chi connectivity index (χ4v) is 0.560. The first kappa shape index (κ1) is 14.9.